The van der Waals surface area contributed by atoms with Crippen molar-refractivity contribution < 1.29 is 14.3 Å². The summed E-state index contributed by atoms with van der Waals surface area (Å²) in [5.74, 6) is -1.41. The maximum Gasteiger partial charge on any atom is 0.320 e. The van der Waals surface area contributed by atoms with Crippen LogP contribution < -0.4 is 5.73 Å². The molecule has 0 aliphatic carbocycles. The minimum Gasteiger partial charge on any atom is -0.480 e. The second-order valence-electron chi connectivity index (χ2n) is 3.08. The highest BCUT2D eigenvalue weighted by Crippen LogP contribution is 2.24. The molecule has 0 radical (unpaired) electrons. The van der Waals surface area contributed by atoms with Crippen LogP contribution in [0, 0.1) is 5.82 Å². The molecule has 1 atom stereocenters. The smallest absolute Gasteiger partial charge is 0.320 e. The molecule has 1 aromatic carbocycles. The number of thioether (sulfide) groups is 1. The zero-order valence-electron chi connectivity index (χ0n) is 8.24. The fourth-order valence-electron chi connectivity index (χ4n) is 1.27. The zero-order valence-corrected chi connectivity index (χ0v) is 9.05. The third kappa shape index (κ3) is 2.94. The van der Waals surface area contributed by atoms with Crippen molar-refractivity contribution in [1.82, 2.24) is 0 Å². The van der Waals surface area contributed by atoms with Gasteiger partial charge >= 0.3 is 5.97 Å². The molecular weight excluding hydrogens is 217 g/mol. The van der Waals surface area contributed by atoms with Crippen molar-refractivity contribution in [3.05, 3.63) is 29.6 Å². The van der Waals surface area contributed by atoms with E-state index in [1.807, 2.05) is 0 Å². The number of aliphatic carboxylic acids is 1. The highest BCUT2D eigenvalue weighted by atomic mass is 32.2. The quantitative estimate of drug-likeness (QED) is 0.768. The summed E-state index contributed by atoms with van der Waals surface area (Å²) in [5, 5.41) is 8.65. The maximum atomic E-state index is 13.3. The standard InChI is InChI=1S/C10H12FNO2S/c1-15-9-6(3-2-4-7(9)11)5-8(12)10(13)14/h2-4,8H,5,12H2,1H3,(H,13,14). The molecule has 3 N–H and O–H groups in total. The Balaban J connectivity index is 2.94. The highest BCUT2D eigenvalue weighted by Gasteiger charge is 2.15. The van der Waals surface area contributed by atoms with Gasteiger partial charge in [0.2, 0.25) is 0 Å². The Hall–Kier alpha value is -1.07. The van der Waals surface area contributed by atoms with Gasteiger partial charge in [0.1, 0.15) is 11.9 Å². The summed E-state index contributed by atoms with van der Waals surface area (Å²) in [6.07, 6.45) is 1.89. The fraction of sp³-hybridized carbons (Fsp3) is 0.300. The van der Waals surface area contributed by atoms with Crippen LogP contribution in [0.25, 0.3) is 0 Å². The van der Waals surface area contributed by atoms with Gasteiger partial charge < -0.3 is 10.8 Å². The van der Waals surface area contributed by atoms with E-state index in [1.54, 1.807) is 18.4 Å². The van der Waals surface area contributed by atoms with E-state index in [-0.39, 0.29) is 12.2 Å². The summed E-state index contributed by atoms with van der Waals surface area (Å²) in [7, 11) is 0. The van der Waals surface area contributed by atoms with Gasteiger partial charge in [-0.05, 0) is 24.3 Å². The highest BCUT2D eigenvalue weighted by molar-refractivity contribution is 7.98. The topological polar surface area (TPSA) is 63.3 Å². The van der Waals surface area contributed by atoms with Crippen LogP contribution in [0.1, 0.15) is 5.56 Å². The molecule has 0 spiro atoms. The van der Waals surface area contributed by atoms with Crippen LogP contribution in [-0.2, 0) is 11.2 Å². The van der Waals surface area contributed by atoms with Crippen molar-refractivity contribution in [1.29, 1.82) is 0 Å². The second kappa shape index (κ2) is 5.14. The van der Waals surface area contributed by atoms with E-state index in [0.29, 0.717) is 10.5 Å². The summed E-state index contributed by atoms with van der Waals surface area (Å²) in [6, 6.07) is 3.61. The predicted molar refractivity (Wildman–Crippen MR) is 57.5 cm³/mol. The molecule has 0 amide bonds. The molecule has 1 unspecified atom stereocenters. The molecule has 0 bridgehead atoms. The lowest BCUT2D eigenvalue weighted by Crippen LogP contribution is -2.32. The van der Waals surface area contributed by atoms with Gasteiger partial charge in [0.15, 0.2) is 0 Å². The molecule has 1 rings (SSSR count). The molecule has 0 aliphatic rings. The predicted octanol–water partition coefficient (Wildman–Crippen LogP) is 1.50. The lowest BCUT2D eigenvalue weighted by Gasteiger charge is -2.10. The molecule has 0 aliphatic heterocycles. The Labute approximate surface area is 91.5 Å². The molecule has 0 fully saturated rings. The van der Waals surface area contributed by atoms with Crippen molar-refractivity contribution >= 4 is 17.7 Å². The van der Waals surface area contributed by atoms with Crippen LogP contribution in [0.5, 0.6) is 0 Å². The molecule has 5 heteroatoms. The molecule has 3 nitrogen and oxygen atoms in total. The number of carboxylic acids is 1. The first kappa shape index (κ1) is 12.0. The first-order valence-electron chi connectivity index (χ1n) is 4.36. The molecule has 0 saturated heterocycles. The number of rotatable bonds is 4. The largest absolute Gasteiger partial charge is 0.480 e. The summed E-state index contributed by atoms with van der Waals surface area (Å²) >= 11 is 1.25. The Morgan fingerprint density at radius 2 is 2.33 bits per heavy atom. The van der Waals surface area contributed by atoms with E-state index in [0.717, 1.165) is 0 Å². The number of halogens is 1. The van der Waals surface area contributed by atoms with E-state index >= 15 is 0 Å². The normalized spacial score (nSPS) is 12.5. The Kier molecular flexibility index (Phi) is 4.11. The van der Waals surface area contributed by atoms with Gasteiger partial charge in [-0.2, -0.15) is 0 Å². The Bertz CT molecular complexity index is 370. The third-order valence-electron chi connectivity index (χ3n) is 2.01. The average molecular weight is 229 g/mol. The van der Waals surface area contributed by atoms with E-state index in [9.17, 15) is 9.18 Å². The van der Waals surface area contributed by atoms with Crippen LogP contribution in [-0.4, -0.2) is 23.4 Å². The fourth-order valence-corrected chi connectivity index (χ4v) is 1.94. The minimum atomic E-state index is -1.08. The van der Waals surface area contributed by atoms with Crippen LogP contribution in [0.15, 0.2) is 23.1 Å². The summed E-state index contributed by atoms with van der Waals surface area (Å²) in [5.41, 5.74) is 6.03. The number of nitrogens with two attached hydrogens (primary N) is 1. The van der Waals surface area contributed by atoms with Gasteiger partial charge in [0.05, 0.1) is 0 Å². The van der Waals surface area contributed by atoms with Gasteiger partial charge in [-0.3, -0.25) is 4.79 Å². The second-order valence-corrected chi connectivity index (χ2v) is 3.90. The van der Waals surface area contributed by atoms with E-state index in [2.05, 4.69) is 0 Å². The Morgan fingerprint density at radius 1 is 1.67 bits per heavy atom. The van der Waals surface area contributed by atoms with Gasteiger partial charge in [-0.15, -0.1) is 11.8 Å². The van der Waals surface area contributed by atoms with E-state index < -0.39 is 12.0 Å². The van der Waals surface area contributed by atoms with Gasteiger partial charge in [0, 0.05) is 4.90 Å². The van der Waals surface area contributed by atoms with Crippen LogP contribution in [0.2, 0.25) is 0 Å². The zero-order chi connectivity index (χ0) is 11.4. The summed E-state index contributed by atoms with van der Waals surface area (Å²) < 4.78 is 13.3. The maximum absolute atomic E-state index is 13.3. The molecule has 15 heavy (non-hydrogen) atoms. The van der Waals surface area contributed by atoms with Crippen LogP contribution in [0.3, 0.4) is 0 Å². The lowest BCUT2D eigenvalue weighted by atomic mass is 10.1. The van der Waals surface area contributed by atoms with Crippen molar-refractivity contribution in [2.45, 2.75) is 17.4 Å². The van der Waals surface area contributed by atoms with Crippen molar-refractivity contribution in [3.63, 3.8) is 0 Å². The van der Waals surface area contributed by atoms with Gasteiger partial charge in [0.25, 0.3) is 0 Å². The molecular formula is C10H12FNO2S. The van der Waals surface area contributed by atoms with Crippen molar-refractivity contribution in [2.24, 2.45) is 5.73 Å². The van der Waals surface area contributed by atoms with Crippen molar-refractivity contribution in [2.75, 3.05) is 6.26 Å². The first-order chi connectivity index (χ1) is 7.06. The Morgan fingerprint density at radius 3 is 2.87 bits per heavy atom. The third-order valence-corrected chi connectivity index (χ3v) is 2.88. The SMILES string of the molecule is CSc1c(F)cccc1CC(N)C(=O)O. The minimum absolute atomic E-state index is 0.142. The number of hydrogen-bond donors (Lipinski definition) is 2. The lowest BCUT2D eigenvalue weighted by molar-refractivity contribution is -0.138. The van der Waals surface area contributed by atoms with Gasteiger partial charge in [-0.25, -0.2) is 4.39 Å². The first-order valence-corrected chi connectivity index (χ1v) is 5.58. The van der Waals surface area contributed by atoms with E-state index in [4.69, 9.17) is 10.8 Å². The average Bonchev–Trinajstić information content (AvgIpc) is 2.18. The molecule has 82 valence electrons. The van der Waals surface area contributed by atoms with Gasteiger partial charge in [-0.1, -0.05) is 12.1 Å². The molecule has 0 heterocycles. The summed E-state index contributed by atoms with van der Waals surface area (Å²) in [6.45, 7) is 0. The van der Waals surface area contributed by atoms with Crippen LogP contribution >= 0.6 is 11.8 Å². The number of carbonyl (C=O) groups is 1. The number of hydrogen-bond acceptors (Lipinski definition) is 3. The molecule has 1 aromatic rings. The number of carboxylic acid groups (broad SMARTS) is 1. The number of benzene rings is 1. The molecule has 0 aromatic heterocycles. The summed E-state index contributed by atoms with van der Waals surface area (Å²) in [4.78, 5) is 11.0. The van der Waals surface area contributed by atoms with E-state index in [1.165, 1.54) is 17.8 Å². The molecule has 0 saturated carbocycles. The van der Waals surface area contributed by atoms with Crippen LogP contribution in [0.4, 0.5) is 4.39 Å². The van der Waals surface area contributed by atoms with Crippen molar-refractivity contribution in [3.8, 4) is 0 Å². The monoisotopic (exact) mass is 229 g/mol.